The van der Waals surface area contributed by atoms with Gasteiger partial charge in [-0.1, -0.05) is 32.4 Å². The Labute approximate surface area is 202 Å². The molecule has 1 aromatic rings. The second-order valence-corrected chi connectivity index (χ2v) is 9.53. The first kappa shape index (κ1) is 25.9. The topological polar surface area (TPSA) is 139 Å². The van der Waals surface area contributed by atoms with Crippen molar-refractivity contribution < 1.29 is 38.3 Å². The van der Waals surface area contributed by atoms with E-state index in [0.717, 1.165) is 4.90 Å². The van der Waals surface area contributed by atoms with Crippen LogP contribution in [-0.2, 0) is 24.0 Å². The summed E-state index contributed by atoms with van der Waals surface area (Å²) in [5, 5.41) is 2.72. The van der Waals surface area contributed by atoms with Crippen LogP contribution in [0.3, 0.4) is 0 Å². The fourth-order valence-corrected chi connectivity index (χ4v) is 3.82. The van der Waals surface area contributed by atoms with Crippen molar-refractivity contribution in [1.82, 2.24) is 15.3 Å². The van der Waals surface area contributed by atoms with Crippen molar-refractivity contribution in [1.29, 1.82) is 0 Å². The minimum Gasteiger partial charge on any atom is -0.444 e. The molecule has 3 atom stereocenters. The Morgan fingerprint density at radius 3 is 2.17 bits per heavy atom. The zero-order chi connectivity index (χ0) is 26.1. The Bertz CT molecular complexity index is 1040. The third-order valence-electron chi connectivity index (χ3n) is 5.80. The summed E-state index contributed by atoms with van der Waals surface area (Å²) in [5.74, 6) is -4.59. The zero-order valence-electron chi connectivity index (χ0n) is 20.3. The number of piperidine rings is 1. The lowest BCUT2D eigenvalue weighted by Crippen LogP contribution is -2.58. The number of carbonyl (C=O) groups excluding carboxylic acids is 6. The van der Waals surface area contributed by atoms with Crippen molar-refractivity contribution in [2.45, 2.75) is 71.6 Å². The molecule has 35 heavy (non-hydrogen) atoms. The monoisotopic (exact) mass is 487 g/mol. The second-order valence-electron chi connectivity index (χ2n) is 9.53. The van der Waals surface area contributed by atoms with Crippen LogP contribution in [0.2, 0.25) is 0 Å². The molecular weight excluding hydrogens is 458 g/mol. The Morgan fingerprint density at radius 2 is 1.66 bits per heavy atom. The minimum absolute atomic E-state index is 0.0951. The number of carbonyl (C=O) groups is 6. The molecule has 2 unspecified atom stereocenters. The van der Waals surface area contributed by atoms with E-state index in [1.165, 1.54) is 12.1 Å². The van der Waals surface area contributed by atoms with Crippen LogP contribution < -0.4 is 5.32 Å². The number of hydroxylamine groups is 2. The van der Waals surface area contributed by atoms with E-state index in [9.17, 15) is 28.8 Å². The van der Waals surface area contributed by atoms with Crippen molar-refractivity contribution in [3.05, 3.63) is 35.4 Å². The molecule has 2 aliphatic heterocycles. The van der Waals surface area contributed by atoms with Crippen molar-refractivity contribution >= 4 is 35.7 Å². The molecule has 3 rings (SSSR count). The summed E-state index contributed by atoms with van der Waals surface area (Å²) in [4.78, 5) is 82.4. The highest BCUT2D eigenvalue weighted by Gasteiger charge is 2.48. The van der Waals surface area contributed by atoms with E-state index in [0.29, 0.717) is 6.42 Å². The number of amides is 5. The maximum Gasteiger partial charge on any atom is 0.408 e. The first-order chi connectivity index (χ1) is 16.4. The van der Waals surface area contributed by atoms with E-state index < -0.39 is 59.3 Å². The Morgan fingerprint density at radius 1 is 1.09 bits per heavy atom. The highest BCUT2D eigenvalue weighted by atomic mass is 16.7. The van der Waals surface area contributed by atoms with Gasteiger partial charge in [-0.05, 0) is 45.2 Å². The summed E-state index contributed by atoms with van der Waals surface area (Å²) in [7, 11) is 0. The first-order valence-corrected chi connectivity index (χ1v) is 11.4. The second kappa shape index (κ2) is 9.85. The minimum atomic E-state index is -1.31. The Hall–Kier alpha value is -3.76. The third-order valence-corrected chi connectivity index (χ3v) is 5.80. The Kier molecular flexibility index (Phi) is 7.27. The van der Waals surface area contributed by atoms with Crippen molar-refractivity contribution in [2.24, 2.45) is 5.92 Å². The van der Waals surface area contributed by atoms with Crippen LogP contribution in [0.1, 0.15) is 74.6 Å². The Balaban J connectivity index is 1.78. The van der Waals surface area contributed by atoms with Gasteiger partial charge in [-0.2, -0.15) is 0 Å². The summed E-state index contributed by atoms with van der Waals surface area (Å²) >= 11 is 0. The molecule has 0 bridgehead atoms. The van der Waals surface area contributed by atoms with Crippen LogP contribution in [0, 0.1) is 5.92 Å². The maximum absolute atomic E-state index is 13.1. The predicted octanol–water partition coefficient (Wildman–Crippen LogP) is 2.20. The average Bonchev–Trinajstić information content (AvgIpc) is 3.03. The lowest BCUT2D eigenvalue weighted by molar-refractivity contribution is -0.209. The number of nitrogens with one attached hydrogen (secondary N) is 1. The van der Waals surface area contributed by atoms with E-state index in [-0.39, 0.29) is 29.0 Å². The highest BCUT2D eigenvalue weighted by molar-refractivity contribution is 6.23. The molecule has 0 saturated carbocycles. The fourth-order valence-electron chi connectivity index (χ4n) is 3.82. The van der Waals surface area contributed by atoms with Crippen molar-refractivity contribution in [2.75, 3.05) is 0 Å². The summed E-state index contributed by atoms with van der Waals surface area (Å²) in [6.45, 7) is 8.46. The van der Waals surface area contributed by atoms with Gasteiger partial charge in [0.1, 0.15) is 17.7 Å². The number of hydrogen-bond acceptors (Lipinski definition) is 8. The van der Waals surface area contributed by atoms with E-state index in [1.54, 1.807) is 46.8 Å². The van der Waals surface area contributed by atoms with Gasteiger partial charge in [0.05, 0.1) is 11.1 Å². The van der Waals surface area contributed by atoms with Crippen LogP contribution in [0.5, 0.6) is 0 Å². The molecule has 1 saturated heterocycles. The van der Waals surface area contributed by atoms with Crippen LogP contribution in [0.4, 0.5) is 4.79 Å². The number of benzene rings is 1. The lowest BCUT2D eigenvalue weighted by Gasteiger charge is -2.34. The first-order valence-electron chi connectivity index (χ1n) is 11.4. The summed E-state index contributed by atoms with van der Waals surface area (Å²) in [6.07, 6.45) is -0.720. The maximum atomic E-state index is 13.1. The molecule has 0 aromatic heterocycles. The average molecular weight is 488 g/mol. The van der Waals surface area contributed by atoms with Crippen LogP contribution >= 0.6 is 0 Å². The quantitative estimate of drug-likeness (QED) is 0.603. The molecule has 188 valence electrons. The molecule has 1 N–H and O–H groups in total. The molecule has 0 aliphatic carbocycles. The number of alkyl carbamates (subject to hydrolysis) is 1. The summed E-state index contributed by atoms with van der Waals surface area (Å²) in [5.41, 5.74) is -0.500. The van der Waals surface area contributed by atoms with Crippen molar-refractivity contribution in [3.8, 4) is 0 Å². The third kappa shape index (κ3) is 5.33. The largest absolute Gasteiger partial charge is 0.444 e. The standard InChI is InChI=1S/C24H29N3O8/c1-6-13(2)18(25-23(33)34-24(3,4)5)22(32)35-27-17(28)12-11-16(21(27)31)26-19(29)14-9-7-8-10-15(14)20(26)30/h7-10,13,16,18H,6,11-12H2,1-5H3,(H,25,33)/t13?,16-,18?/m0/s1. The number of imide groups is 2. The molecule has 1 fully saturated rings. The SMILES string of the molecule is CCC(C)C(NC(=O)OC(C)(C)C)C(=O)ON1C(=O)CC[C@H](N2C(=O)c3ccccc3C2=O)C1=O. The number of ether oxygens (including phenoxy) is 1. The highest BCUT2D eigenvalue weighted by Crippen LogP contribution is 2.29. The molecule has 5 amide bonds. The molecule has 11 nitrogen and oxygen atoms in total. The van der Waals surface area contributed by atoms with Crippen LogP contribution in [-0.4, -0.2) is 63.3 Å². The predicted molar refractivity (Wildman–Crippen MR) is 121 cm³/mol. The summed E-state index contributed by atoms with van der Waals surface area (Å²) < 4.78 is 5.20. The summed E-state index contributed by atoms with van der Waals surface area (Å²) in [6, 6.07) is 3.63. The van der Waals surface area contributed by atoms with Crippen LogP contribution in [0.15, 0.2) is 24.3 Å². The number of hydrogen-bond donors (Lipinski definition) is 1. The zero-order valence-corrected chi connectivity index (χ0v) is 20.3. The van der Waals surface area contributed by atoms with Gasteiger partial charge in [-0.25, -0.2) is 9.59 Å². The van der Waals surface area contributed by atoms with Gasteiger partial charge in [-0.3, -0.25) is 24.1 Å². The molecule has 11 heteroatoms. The van der Waals surface area contributed by atoms with E-state index >= 15 is 0 Å². The number of nitrogens with zero attached hydrogens (tertiary/aromatic N) is 2. The van der Waals surface area contributed by atoms with Gasteiger partial charge in [0.25, 0.3) is 23.6 Å². The lowest BCUT2D eigenvalue weighted by atomic mass is 9.99. The van der Waals surface area contributed by atoms with E-state index in [1.807, 2.05) is 0 Å². The van der Waals surface area contributed by atoms with Gasteiger partial charge in [0.15, 0.2) is 0 Å². The fraction of sp³-hybridized carbons (Fsp3) is 0.500. The molecule has 1 aromatic carbocycles. The van der Waals surface area contributed by atoms with Gasteiger partial charge in [0, 0.05) is 6.42 Å². The molecular formula is C24H29N3O8. The van der Waals surface area contributed by atoms with Gasteiger partial charge in [-0.15, -0.1) is 5.06 Å². The normalized spacial score (nSPS) is 19.9. The van der Waals surface area contributed by atoms with Crippen molar-refractivity contribution in [3.63, 3.8) is 0 Å². The van der Waals surface area contributed by atoms with Gasteiger partial charge >= 0.3 is 12.1 Å². The van der Waals surface area contributed by atoms with E-state index in [2.05, 4.69) is 5.32 Å². The van der Waals surface area contributed by atoms with Crippen LogP contribution in [0.25, 0.3) is 0 Å². The molecule has 0 spiro atoms. The number of rotatable bonds is 6. The number of fused-ring (bicyclic) bond motifs is 1. The van der Waals surface area contributed by atoms with E-state index in [4.69, 9.17) is 9.57 Å². The van der Waals surface area contributed by atoms with Gasteiger partial charge < -0.3 is 14.9 Å². The molecule has 2 aliphatic rings. The molecule has 2 heterocycles. The van der Waals surface area contributed by atoms with Gasteiger partial charge in [0.2, 0.25) is 0 Å². The molecule has 0 radical (unpaired) electrons. The smallest absolute Gasteiger partial charge is 0.408 e.